The van der Waals surface area contributed by atoms with Gasteiger partial charge in [0.25, 0.3) is 0 Å². The van der Waals surface area contributed by atoms with E-state index in [1.807, 2.05) is 0 Å². The van der Waals surface area contributed by atoms with E-state index in [4.69, 9.17) is 10.5 Å². The molecule has 1 aliphatic rings. The van der Waals surface area contributed by atoms with Crippen LogP contribution in [0.5, 0.6) is 0 Å². The first-order valence-electron chi connectivity index (χ1n) is 6.54. The Bertz CT molecular complexity index is 496. The number of carbonyl (C=O) groups excluding carboxylic acids is 1. The Morgan fingerprint density at radius 2 is 2.20 bits per heavy atom. The predicted molar refractivity (Wildman–Crippen MR) is 69.9 cm³/mol. The van der Waals surface area contributed by atoms with Gasteiger partial charge in [-0.15, -0.1) is 0 Å². The molecule has 1 heterocycles. The average molecular weight is 284 g/mol. The number of halogens is 2. The zero-order valence-electron chi connectivity index (χ0n) is 11.3. The van der Waals surface area contributed by atoms with Crippen molar-refractivity contribution in [3.63, 3.8) is 0 Å². The highest BCUT2D eigenvalue weighted by Crippen LogP contribution is 2.32. The molecule has 2 unspecified atom stereocenters. The van der Waals surface area contributed by atoms with Gasteiger partial charge < -0.3 is 15.4 Å². The van der Waals surface area contributed by atoms with Crippen LogP contribution in [0.25, 0.3) is 0 Å². The molecule has 0 spiro atoms. The topological polar surface area (TPSA) is 55.6 Å². The summed E-state index contributed by atoms with van der Waals surface area (Å²) in [4.78, 5) is 13.5. The summed E-state index contributed by atoms with van der Waals surface area (Å²) in [5.41, 5.74) is 6.16. The summed E-state index contributed by atoms with van der Waals surface area (Å²) in [5.74, 6) is -1.98. The van der Waals surface area contributed by atoms with Crippen LogP contribution in [0, 0.1) is 11.6 Å². The van der Waals surface area contributed by atoms with Crippen molar-refractivity contribution in [3.05, 3.63) is 35.4 Å². The van der Waals surface area contributed by atoms with Crippen molar-refractivity contribution in [2.45, 2.75) is 24.9 Å². The van der Waals surface area contributed by atoms with Gasteiger partial charge in [0, 0.05) is 31.7 Å². The predicted octanol–water partition coefficient (Wildman–Crippen LogP) is 1.60. The maximum Gasteiger partial charge on any atom is 0.223 e. The number of hydrogen-bond acceptors (Lipinski definition) is 3. The quantitative estimate of drug-likeness (QED) is 0.913. The van der Waals surface area contributed by atoms with Gasteiger partial charge in [0.15, 0.2) is 11.6 Å². The van der Waals surface area contributed by atoms with E-state index in [2.05, 4.69) is 0 Å². The smallest absolute Gasteiger partial charge is 0.223 e. The maximum atomic E-state index is 14.0. The first-order chi connectivity index (χ1) is 9.56. The molecule has 1 fully saturated rings. The minimum atomic E-state index is -0.940. The molecule has 2 rings (SSSR count). The normalized spacial score (nSPS) is 23.2. The van der Waals surface area contributed by atoms with Gasteiger partial charge in [-0.05, 0) is 12.5 Å². The van der Waals surface area contributed by atoms with Gasteiger partial charge in [-0.25, -0.2) is 8.78 Å². The zero-order valence-corrected chi connectivity index (χ0v) is 11.3. The number of carbonyl (C=O) groups is 1. The van der Waals surface area contributed by atoms with Crippen molar-refractivity contribution in [1.29, 1.82) is 0 Å². The van der Waals surface area contributed by atoms with Crippen LogP contribution in [0.4, 0.5) is 8.78 Å². The molecule has 0 aliphatic carbocycles. The number of rotatable bonds is 4. The molecule has 1 amide bonds. The highest BCUT2D eigenvalue weighted by Gasteiger charge is 2.36. The van der Waals surface area contributed by atoms with E-state index in [0.29, 0.717) is 26.0 Å². The Kier molecular flexibility index (Phi) is 4.67. The van der Waals surface area contributed by atoms with Crippen molar-refractivity contribution in [1.82, 2.24) is 4.90 Å². The lowest BCUT2D eigenvalue weighted by molar-refractivity contribution is -0.138. The standard InChI is InChI=1S/C14H18F2N2O2/c1-20-8-7-18-12(19)6-5-11(17)14(18)9-3-2-4-10(15)13(9)16/h2-4,11,14H,5-8,17H2,1H3. The molecule has 0 bridgehead atoms. The lowest BCUT2D eigenvalue weighted by Gasteiger charge is -2.40. The monoisotopic (exact) mass is 284 g/mol. The third-order valence-corrected chi connectivity index (χ3v) is 3.59. The highest BCUT2D eigenvalue weighted by atomic mass is 19.2. The van der Waals surface area contributed by atoms with Crippen LogP contribution >= 0.6 is 0 Å². The second-order valence-corrected chi connectivity index (χ2v) is 4.87. The van der Waals surface area contributed by atoms with E-state index < -0.39 is 23.7 Å². The lowest BCUT2D eigenvalue weighted by atomic mass is 9.90. The van der Waals surface area contributed by atoms with Crippen molar-refractivity contribution in [3.8, 4) is 0 Å². The van der Waals surface area contributed by atoms with Crippen LogP contribution in [0.2, 0.25) is 0 Å². The van der Waals surface area contributed by atoms with Gasteiger partial charge in [-0.1, -0.05) is 12.1 Å². The van der Waals surface area contributed by atoms with E-state index in [9.17, 15) is 13.6 Å². The number of hydrogen-bond donors (Lipinski definition) is 1. The third-order valence-electron chi connectivity index (χ3n) is 3.59. The molecule has 0 aromatic heterocycles. The molecular formula is C14H18F2N2O2. The van der Waals surface area contributed by atoms with Gasteiger partial charge in [0.05, 0.1) is 12.6 Å². The molecule has 0 saturated carbocycles. The number of amides is 1. The van der Waals surface area contributed by atoms with E-state index >= 15 is 0 Å². The number of likely N-dealkylation sites (tertiary alicyclic amines) is 1. The van der Waals surface area contributed by atoms with Crippen LogP contribution in [-0.4, -0.2) is 37.1 Å². The second-order valence-electron chi connectivity index (χ2n) is 4.87. The number of piperidine rings is 1. The third kappa shape index (κ3) is 2.81. The Morgan fingerprint density at radius 3 is 2.90 bits per heavy atom. The molecule has 20 heavy (non-hydrogen) atoms. The van der Waals surface area contributed by atoms with E-state index in [-0.39, 0.29) is 11.5 Å². The summed E-state index contributed by atoms with van der Waals surface area (Å²) in [5, 5.41) is 0. The maximum absolute atomic E-state index is 14.0. The average Bonchev–Trinajstić information content (AvgIpc) is 2.43. The van der Waals surface area contributed by atoms with Crippen LogP contribution in [0.1, 0.15) is 24.4 Å². The molecule has 2 atom stereocenters. The van der Waals surface area contributed by atoms with Crippen LogP contribution in [0.15, 0.2) is 18.2 Å². The fraction of sp³-hybridized carbons (Fsp3) is 0.500. The number of nitrogens with zero attached hydrogens (tertiary/aromatic N) is 1. The summed E-state index contributed by atoms with van der Waals surface area (Å²) in [6, 6.07) is 2.88. The molecule has 0 radical (unpaired) electrons. The van der Waals surface area contributed by atoms with Gasteiger partial charge in [-0.3, -0.25) is 4.79 Å². The first kappa shape index (κ1) is 14.9. The molecular weight excluding hydrogens is 266 g/mol. The van der Waals surface area contributed by atoms with E-state index in [0.717, 1.165) is 6.07 Å². The van der Waals surface area contributed by atoms with Crippen LogP contribution < -0.4 is 5.73 Å². The summed E-state index contributed by atoms with van der Waals surface area (Å²) in [7, 11) is 1.52. The molecule has 110 valence electrons. The summed E-state index contributed by atoms with van der Waals surface area (Å²) in [6.07, 6.45) is 0.779. The second kappa shape index (κ2) is 6.28. The number of benzene rings is 1. The first-order valence-corrected chi connectivity index (χ1v) is 6.54. The fourth-order valence-electron chi connectivity index (χ4n) is 2.58. The minimum absolute atomic E-state index is 0.114. The van der Waals surface area contributed by atoms with Gasteiger partial charge in [-0.2, -0.15) is 0 Å². The summed E-state index contributed by atoms with van der Waals surface area (Å²) < 4.78 is 32.3. The van der Waals surface area contributed by atoms with Crippen molar-refractivity contribution >= 4 is 5.91 Å². The number of nitrogens with two attached hydrogens (primary N) is 1. The molecule has 1 aromatic carbocycles. The Morgan fingerprint density at radius 1 is 1.45 bits per heavy atom. The summed E-state index contributed by atoms with van der Waals surface area (Å²) in [6.45, 7) is 0.634. The molecule has 4 nitrogen and oxygen atoms in total. The molecule has 1 aliphatic heterocycles. The van der Waals surface area contributed by atoms with Crippen LogP contribution in [0.3, 0.4) is 0 Å². The number of methoxy groups -OCH3 is 1. The van der Waals surface area contributed by atoms with Crippen molar-refractivity contribution < 1.29 is 18.3 Å². The molecule has 1 saturated heterocycles. The van der Waals surface area contributed by atoms with Crippen LogP contribution in [-0.2, 0) is 9.53 Å². The lowest BCUT2D eigenvalue weighted by Crippen LogP contribution is -2.50. The van der Waals surface area contributed by atoms with Gasteiger partial charge in [0.2, 0.25) is 5.91 Å². The SMILES string of the molecule is COCCN1C(=O)CCC(N)C1c1cccc(F)c1F. The van der Waals surface area contributed by atoms with E-state index in [1.165, 1.54) is 24.1 Å². The largest absolute Gasteiger partial charge is 0.383 e. The number of ether oxygens (including phenoxy) is 1. The molecule has 1 aromatic rings. The zero-order chi connectivity index (χ0) is 14.7. The Labute approximate surface area is 116 Å². The Hall–Kier alpha value is -1.53. The van der Waals surface area contributed by atoms with Crippen molar-refractivity contribution in [2.24, 2.45) is 5.73 Å². The minimum Gasteiger partial charge on any atom is -0.383 e. The highest BCUT2D eigenvalue weighted by molar-refractivity contribution is 5.78. The summed E-state index contributed by atoms with van der Waals surface area (Å²) >= 11 is 0. The molecule has 6 heteroatoms. The molecule has 2 N–H and O–H groups in total. The van der Waals surface area contributed by atoms with Gasteiger partial charge in [0.1, 0.15) is 0 Å². The Balaban J connectivity index is 2.37. The van der Waals surface area contributed by atoms with Gasteiger partial charge >= 0.3 is 0 Å². The van der Waals surface area contributed by atoms with E-state index in [1.54, 1.807) is 0 Å². The van der Waals surface area contributed by atoms with Crippen molar-refractivity contribution in [2.75, 3.05) is 20.3 Å². The fourth-order valence-corrected chi connectivity index (χ4v) is 2.58.